The Bertz CT molecular complexity index is 501. The van der Waals surface area contributed by atoms with Crippen LogP contribution in [0.3, 0.4) is 0 Å². The van der Waals surface area contributed by atoms with Gasteiger partial charge < -0.3 is 10.1 Å². The van der Waals surface area contributed by atoms with Crippen LogP contribution in [0.5, 0.6) is 5.88 Å². The predicted octanol–water partition coefficient (Wildman–Crippen LogP) is 2.52. The highest BCUT2D eigenvalue weighted by Gasteiger charge is 2.41. The van der Waals surface area contributed by atoms with Crippen LogP contribution in [0, 0.1) is 19.8 Å². The average molecular weight is 290 g/mol. The molecule has 1 amide bonds. The highest BCUT2D eigenvalue weighted by atomic mass is 19.4. The van der Waals surface area contributed by atoms with Crippen molar-refractivity contribution in [2.24, 2.45) is 5.92 Å². The van der Waals surface area contributed by atoms with E-state index in [2.05, 4.69) is 10.3 Å². The predicted molar refractivity (Wildman–Crippen MR) is 67.3 cm³/mol. The number of carbonyl (C=O) groups is 1. The number of aromatic nitrogens is 1. The third kappa shape index (κ3) is 3.85. The van der Waals surface area contributed by atoms with E-state index in [1.165, 1.54) is 7.11 Å². The van der Waals surface area contributed by atoms with Crippen LogP contribution in [-0.2, 0) is 11.3 Å². The van der Waals surface area contributed by atoms with Crippen molar-refractivity contribution in [1.82, 2.24) is 10.3 Å². The molecule has 7 heteroatoms. The lowest BCUT2D eigenvalue weighted by Gasteiger charge is -2.17. The molecule has 20 heavy (non-hydrogen) atoms. The van der Waals surface area contributed by atoms with Crippen molar-refractivity contribution in [2.75, 3.05) is 7.11 Å². The summed E-state index contributed by atoms with van der Waals surface area (Å²) in [4.78, 5) is 15.6. The van der Waals surface area contributed by atoms with Gasteiger partial charge in [0.25, 0.3) is 0 Å². The molecular weight excluding hydrogens is 273 g/mol. The molecule has 1 aromatic heterocycles. The molecule has 0 saturated heterocycles. The lowest BCUT2D eigenvalue weighted by atomic mass is 10.1. The van der Waals surface area contributed by atoms with E-state index in [1.54, 1.807) is 19.9 Å². The lowest BCUT2D eigenvalue weighted by Crippen LogP contribution is -2.37. The van der Waals surface area contributed by atoms with Gasteiger partial charge in [0, 0.05) is 17.8 Å². The molecule has 0 spiro atoms. The van der Waals surface area contributed by atoms with Gasteiger partial charge in [-0.25, -0.2) is 4.98 Å². The fraction of sp³-hybridized carbons (Fsp3) is 0.538. The second-order valence-electron chi connectivity index (χ2n) is 4.55. The van der Waals surface area contributed by atoms with Crippen LogP contribution in [0.25, 0.3) is 0 Å². The zero-order chi connectivity index (χ0) is 15.5. The molecule has 1 aromatic rings. The quantitative estimate of drug-likeness (QED) is 0.927. The van der Waals surface area contributed by atoms with Crippen molar-refractivity contribution in [2.45, 2.75) is 33.5 Å². The summed E-state index contributed by atoms with van der Waals surface area (Å²) >= 11 is 0. The fourth-order valence-corrected chi connectivity index (χ4v) is 1.69. The van der Waals surface area contributed by atoms with Gasteiger partial charge in [0.05, 0.1) is 7.11 Å². The second-order valence-corrected chi connectivity index (χ2v) is 4.55. The number of halogens is 3. The Labute approximate surface area is 115 Å². The minimum Gasteiger partial charge on any atom is -0.481 e. The van der Waals surface area contributed by atoms with E-state index in [0.29, 0.717) is 11.4 Å². The van der Waals surface area contributed by atoms with E-state index >= 15 is 0 Å². The molecule has 0 aromatic carbocycles. The summed E-state index contributed by atoms with van der Waals surface area (Å²) < 4.78 is 42.3. The molecule has 0 aliphatic rings. The normalized spacial score (nSPS) is 12.9. The molecular formula is C13H17F3N2O2. The van der Waals surface area contributed by atoms with Crippen molar-refractivity contribution in [3.63, 3.8) is 0 Å². The van der Waals surface area contributed by atoms with Crippen LogP contribution in [0.2, 0.25) is 0 Å². The fourth-order valence-electron chi connectivity index (χ4n) is 1.69. The molecule has 0 aliphatic heterocycles. The number of hydrogen-bond acceptors (Lipinski definition) is 3. The molecule has 0 fully saturated rings. The number of pyridine rings is 1. The molecule has 1 rings (SSSR count). The van der Waals surface area contributed by atoms with E-state index in [-0.39, 0.29) is 6.54 Å². The van der Waals surface area contributed by atoms with Gasteiger partial charge in [-0.15, -0.1) is 0 Å². The van der Waals surface area contributed by atoms with Gasteiger partial charge in [-0.2, -0.15) is 13.2 Å². The van der Waals surface area contributed by atoms with Crippen LogP contribution in [-0.4, -0.2) is 24.2 Å². The Kier molecular flexibility index (Phi) is 4.97. The van der Waals surface area contributed by atoms with Crippen molar-refractivity contribution >= 4 is 5.91 Å². The maximum atomic E-state index is 12.4. The maximum Gasteiger partial charge on any atom is 0.400 e. The van der Waals surface area contributed by atoms with Crippen LogP contribution in [0.15, 0.2) is 6.07 Å². The minimum absolute atomic E-state index is 0.0540. The third-order valence-electron chi connectivity index (χ3n) is 2.95. The molecule has 0 saturated carbocycles. The average Bonchev–Trinajstić information content (AvgIpc) is 2.34. The molecule has 1 heterocycles. The first kappa shape index (κ1) is 16.3. The Morgan fingerprint density at radius 2 is 2.05 bits per heavy atom. The molecule has 0 bridgehead atoms. The van der Waals surface area contributed by atoms with Crippen LogP contribution >= 0.6 is 0 Å². The molecule has 0 aliphatic carbocycles. The van der Waals surface area contributed by atoms with Gasteiger partial charge in [-0.3, -0.25) is 4.79 Å². The van der Waals surface area contributed by atoms with Gasteiger partial charge in [0.15, 0.2) is 0 Å². The zero-order valence-electron chi connectivity index (χ0n) is 11.8. The number of alkyl halides is 3. The summed E-state index contributed by atoms with van der Waals surface area (Å²) in [6.45, 7) is 4.34. The number of ether oxygens (including phenoxy) is 1. The second kappa shape index (κ2) is 6.11. The number of amides is 1. The van der Waals surface area contributed by atoms with Crippen LogP contribution in [0.1, 0.15) is 23.7 Å². The number of aryl methyl sites for hydroxylation is 2. The molecule has 4 nitrogen and oxygen atoms in total. The van der Waals surface area contributed by atoms with Crippen molar-refractivity contribution in [3.05, 3.63) is 22.9 Å². The van der Waals surface area contributed by atoms with E-state index in [9.17, 15) is 18.0 Å². The van der Waals surface area contributed by atoms with E-state index in [1.807, 2.05) is 0 Å². The van der Waals surface area contributed by atoms with Crippen LogP contribution < -0.4 is 10.1 Å². The lowest BCUT2D eigenvalue weighted by molar-refractivity contribution is -0.178. The van der Waals surface area contributed by atoms with Gasteiger partial charge in [-0.05, 0) is 32.4 Å². The van der Waals surface area contributed by atoms with Crippen molar-refractivity contribution in [1.29, 1.82) is 0 Å². The topological polar surface area (TPSA) is 51.2 Å². The van der Waals surface area contributed by atoms with E-state index in [0.717, 1.165) is 18.2 Å². The molecule has 1 N–H and O–H groups in total. The first-order valence-corrected chi connectivity index (χ1v) is 6.02. The smallest absolute Gasteiger partial charge is 0.400 e. The van der Waals surface area contributed by atoms with Gasteiger partial charge in [0.2, 0.25) is 11.8 Å². The Morgan fingerprint density at radius 3 is 2.55 bits per heavy atom. The summed E-state index contributed by atoms with van der Waals surface area (Å²) in [7, 11) is 1.42. The minimum atomic E-state index is -4.55. The molecule has 0 radical (unpaired) electrons. The molecule has 1 atom stereocenters. The summed E-state index contributed by atoms with van der Waals surface area (Å²) in [6, 6.07) is 1.77. The monoisotopic (exact) mass is 290 g/mol. The standard InChI is InChI=1S/C13H17F3N2O2/c1-7-5-8(2)18-12(20-4)10(7)6-17-11(19)9(3)13(14,15)16/h5,9H,6H2,1-4H3,(H,17,19). The number of rotatable bonds is 4. The SMILES string of the molecule is COc1nc(C)cc(C)c1CNC(=O)C(C)C(F)(F)F. The summed E-state index contributed by atoms with van der Waals surface area (Å²) in [5, 5.41) is 2.26. The molecule has 112 valence electrons. The Balaban J connectivity index is 2.83. The maximum absolute atomic E-state index is 12.4. The van der Waals surface area contributed by atoms with Gasteiger partial charge >= 0.3 is 6.18 Å². The molecule has 1 unspecified atom stereocenters. The first-order chi connectivity index (χ1) is 9.16. The van der Waals surface area contributed by atoms with Crippen molar-refractivity contribution < 1.29 is 22.7 Å². The number of nitrogens with one attached hydrogen (secondary N) is 1. The number of carbonyl (C=O) groups excluding carboxylic acids is 1. The van der Waals surface area contributed by atoms with Gasteiger partial charge in [-0.1, -0.05) is 0 Å². The summed E-state index contributed by atoms with van der Waals surface area (Å²) in [6.07, 6.45) is -4.55. The van der Waals surface area contributed by atoms with Crippen LogP contribution in [0.4, 0.5) is 13.2 Å². The zero-order valence-corrected chi connectivity index (χ0v) is 11.8. The number of methoxy groups -OCH3 is 1. The number of nitrogens with zero attached hydrogens (tertiary/aromatic N) is 1. The van der Waals surface area contributed by atoms with E-state index < -0.39 is 18.0 Å². The highest BCUT2D eigenvalue weighted by molar-refractivity contribution is 5.79. The first-order valence-electron chi connectivity index (χ1n) is 6.02. The highest BCUT2D eigenvalue weighted by Crippen LogP contribution is 2.26. The van der Waals surface area contributed by atoms with Crippen molar-refractivity contribution in [3.8, 4) is 5.88 Å². The Morgan fingerprint density at radius 1 is 1.45 bits per heavy atom. The summed E-state index contributed by atoms with van der Waals surface area (Å²) in [5.74, 6) is -2.81. The largest absolute Gasteiger partial charge is 0.481 e. The van der Waals surface area contributed by atoms with E-state index in [4.69, 9.17) is 4.74 Å². The third-order valence-corrected chi connectivity index (χ3v) is 2.95. The summed E-state index contributed by atoms with van der Waals surface area (Å²) in [5.41, 5.74) is 2.10. The Hall–Kier alpha value is -1.79. The number of hydrogen-bond donors (Lipinski definition) is 1. The van der Waals surface area contributed by atoms with Gasteiger partial charge in [0.1, 0.15) is 5.92 Å².